The Morgan fingerprint density at radius 2 is 1.93 bits per heavy atom. The minimum Gasteiger partial charge on any atom is -0.462 e. The minimum atomic E-state index is -0.651. The zero-order chi connectivity index (χ0) is 20.7. The monoisotopic (exact) mass is 404 g/mol. The first-order valence-corrected chi connectivity index (χ1v) is 9.70. The Morgan fingerprint density at radius 1 is 1.25 bits per heavy atom. The van der Waals surface area contributed by atoms with Gasteiger partial charge in [-0.1, -0.05) is 6.92 Å². The van der Waals surface area contributed by atoms with E-state index in [1.54, 1.807) is 26.2 Å². The van der Waals surface area contributed by atoms with Crippen molar-refractivity contribution < 1.29 is 19.1 Å². The van der Waals surface area contributed by atoms with Gasteiger partial charge in [-0.3, -0.25) is 19.5 Å². The molecule has 9 heteroatoms. The number of thiophene rings is 1. The van der Waals surface area contributed by atoms with Crippen LogP contribution in [0, 0.1) is 6.92 Å². The average Bonchev–Trinajstić information content (AvgIpc) is 2.98. The largest absolute Gasteiger partial charge is 0.462 e. The van der Waals surface area contributed by atoms with Crippen molar-refractivity contribution in [2.75, 3.05) is 25.0 Å². The highest BCUT2D eigenvalue weighted by Crippen LogP contribution is 2.33. The Hall–Kier alpha value is -2.78. The van der Waals surface area contributed by atoms with Gasteiger partial charge in [-0.25, -0.2) is 4.79 Å². The van der Waals surface area contributed by atoms with E-state index in [4.69, 9.17) is 10.5 Å². The fraction of sp³-hybridized carbons (Fsp3) is 0.368. The summed E-state index contributed by atoms with van der Waals surface area (Å²) in [4.78, 5) is 42.6. The Morgan fingerprint density at radius 3 is 2.50 bits per heavy atom. The van der Waals surface area contributed by atoms with E-state index < -0.39 is 11.9 Å². The summed E-state index contributed by atoms with van der Waals surface area (Å²) in [6, 6.07) is 3.78. The Bertz CT molecular complexity index is 851. The van der Waals surface area contributed by atoms with Crippen molar-refractivity contribution in [1.82, 2.24) is 9.88 Å². The average molecular weight is 404 g/mol. The molecule has 0 radical (unpaired) electrons. The summed E-state index contributed by atoms with van der Waals surface area (Å²) in [7, 11) is 0. The van der Waals surface area contributed by atoms with Gasteiger partial charge in [-0.05, 0) is 43.7 Å². The number of nitrogens with zero attached hydrogens (tertiary/aromatic N) is 2. The number of esters is 1. The third kappa shape index (κ3) is 5.37. The number of hydrogen-bond acceptors (Lipinski definition) is 7. The van der Waals surface area contributed by atoms with Crippen LogP contribution in [0.25, 0.3) is 0 Å². The van der Waals surface area contributed by atoms with Crippen LogP contribution in [0.1, 0.15) is 45.0 Å². The predicted molar refractivity (Wildman–Crippen MR) is 107 cm³/mol. The summed E-state index contributed by atoms with van der Waals surface area (Å²) in [5.74, 6) is -1.54. The molecule has 8 nitrogen and oxygen atoms in total. The zero-order valence-electron chi connectivity index (χ0n) is 16.2. The maximum atomic E-state index is 12.6. The van der Waals surface area contributed by atoms with Crippen LogP contribution in [0.4, 0.5) is 5.00 Å². The van der Waals surface area contributed by atoms with E-state index in [9.17, 15) is 14.4 Å². The molecular formula is C19H24N4O4S. The molecule has 0 saturated heterocycles. The number of hydrogen-bond donors (Lipinski definition) is 2. The van der Waals surface area contributed by atoms with Crippen molar-refractivity contribution in [1.29, 1.82) is 0 Å². The molecule has 0 aliphatic rings. The number of carbonyl (C=O) groups excluding carboxylic acids is 3. The second-order valence-corrected chi connectivity index (χ2v) is 7.07. The summed E-state index contributed by atoms with van der Waals surface area (Å²) in [5.41, 5.74) is 7.01. The number of pyridine rings is 1. The lowest BCUT2D eigenvalue weighted by molar-refractivity contribution is -0.117. The molecule has 2 amide bonds. The van der Waals surface area contributed by atoms with Crippen LogP contribution < -0.4 is 11.1 Å². The van der Waals surface area contributed by atoms with Gasteiger partial charge in [0.2, 0.25) is 5.91 Å². The van der Waals surface area contributed by atoms with Gasteiger partial charge >= 0.3 is 5.97 Å². The number of likely N-dealkylation sites (N-methyl/N-ethyl adjacent to an activating group) is 1. The molecule has 2 heterocycles. The molecule has 0 aromatic carbocycles. The second kappa shape index (κ2) is 9.95. The highest BCUT2D eigenvalue weighted by atomic mass is 32.1. The topological polar surface area (TPSA) is 115 Å². The molecule has 2 rings (SSSR count). The molecule has 150 valence electrons. The molecular weight excluding hydrogens is 380 g/mol. The summed E-state index contributed by atoms with van der Waals surface area (Å²) < 4.78 is 5.05. The van der Waals surface area contributed by atoms with Crippen LogP contribution in [0.3, 0.4) is 0 Å². The standard InChI is InChI=1S/C19H24N4O4S/c1-4-23(10-13-6-8-21-9-7-13)11-14(24)22-18-15(19(26)27-5-2)12(3)16(28-18)17(20)25/h6-9H,4-5,10-11H2,1-3H3,(H2,20,25)(H,22,24). The van der Waals surface area contributed by atoms with Crippen LogP contribution in [-0.2, 0) is 16.1 Å². The number of anilines is 1. The van der Waals surface area contributed by atoms with Crippen LogP contribution in [-0.4, -0.2) is 47.4 Å². The number of amides is 2. The van der Waals surface area contributed by atoms with Crippen molar-refractivity contribution in [3.63, 3.8) is 0 Å². The van der Waals surface area contributed by atoms with E-state index in [2.05, 4.69) is 10.3 Å². The molecule has 0 aliphatic carbocycles. The lowest BCUT2D eigenvalue weighted by Gasteiger charge is -2.19. The summed E-state index contributed by atoms with van der Waals surface area (Å²) in [6.45, 7) is 6.82. The SMILES string of the molecule is CCOC(=O)c1c(NC(=O)CN(CC)Cc2ccncc2)sc(C(N)=O)c1C. The van der Waals surface area contributed by atoms with E-state index in [1.165, 1.54) is 0 Å². The molecule has 0 atom stereocenters. The molecule has 0 unspecified atom stereocenters. The lowest BCUT2D eigenvalue weighted by atomic mass is 10.1. The number of primary amides is 1. The third-order valence-electron chi connectivity index (χ3n) is 4.07. The molecule has 2 aromatic rings. The van der Waals surface area contributed by atoms with Crippen molar-refractivity contribution in [3.05, 3.63) is 46.1 Å². The van der Waals surface area contributed by atoms with Gasteiger partial charge in [-0.15, -0.1) is 11.3 Å². The molecule has 3 N–H and O–H groups in total. The summed E-state index contributed by atoms with van der Waals surface area (Å²) in [6.07, 6.45) is 3.41. The summed E-state index contributed by atoms with van der Waals surface area (Å²) >= 11 is 0.981. The van der Waals surface area contributed by atoms with Crippen LogP contribution in [0.15, 0.2) is 24.5 Å². The Kier molecular flexibility index (Phi) is 7.65. The normalized spacial score (nSPS) is 10.7. The van der Waals surface area contributed by atoms with Crippen molar-refractivity contribution in [2.24, 2.45) is 5.73 Å². The predicted octanol–water partition coefficient (Wildman–Crippen LogP) is 2.19. The molecule has 0 fully saturated rings. The molecule has 0 aliphatic heterocycles. The number of carbonyl (C=O) groups is 3. The van der Waals surface area contributed by atoms with E-state index in [0.29, 0.717) is 18.7 Å². The van der Waals surface area contributed by atoms with Gasteiger partial charge < -0.3 is 15.8 Å². The molecule has 2 aromatic heterocycles. The minimum absolute atomic E-state index is 0.129. The van der Waals surface area contributed by atoms with E-state index in [0.717, 1.165) is 16.9 Å². The van der Waals surface area contributed by atoms with Gasteiger partial charge in [0.1, 0.15) is 5.00 Å². The first-order chi connectivity index (χ1) is 13.4. The Labute approximate surface area is 167 Å². The van der Waals surface area contributed by atoms with Gasteiger partial charge in [-0.2, -0.15) is 0 Å². The summed E-state index contributed by atoms with van der Waals surface area (Å²) in [5, 5.41) is 3.01. The first kappa shape index (κ1) is 21.5. The van der Waals surface area contributed by atoms with Gasteiger partial charge in [0, 0.05) is 18.9 Å². The van der Waals surface area contributed by atoms with Crippen LogP contribution in [0.5, 0.6) is 0 Å². The zero-order valence-corrected chi connectivity index (χ0v) is 17.0. The van der Waals surface area contributed by atoms with Gasteiger partial charge in [0.05, 0.1) is 23.6 Å². The quantitative estimate of drug-likeness (QED) is 0.619. The fourth-order valence-corrected chi connectivity index (χ4v) is 3.74. The van der Waals surface area contributed by atoms with Crippen molar-refractivity contribution in [3.8, 4) is 0 Å². The van der Waals surface area contributed by atoms with E-state index in [-0.39, 0.29) is 34.5 Å². The van der Waals surface area contributed by atoms with Crippen LogP contribution >= 0.6 is 11.3 Å². The number of rotatable bonds is 9. The molecule has 28 heavy (non-hydrogen) atoms. The number of aromatic nitrogens is 1. The fourth-order valence-electron chi connectivity index (χ4n) is 2.68. The maximum absolute atomic E-state index is 12.6. The number of nitrogens with one attached hydrogen (secondary N) is 1. The Balaban J connectivity index is 2.16. The highest BCUT2D eigenvalue weighted by Gasteiger charge is 2.26. The first-order valence-electron chi connectivity index (χ1n) is 8.88. The molecule has 0 saturated carbocycles. The highest BCUT2D eigenvalue weighted by molar-refractivity contribution is 7.18. The maximum Gasteiger partial charge on any atom is 0.341 e. The number of ether oxygens (including phenoxy) is 1. The van der Waals surface area contributed by atoms with Crippen molar-refractivity contribution >= 4 is 34.1 Å². The second-order valence-electron chi connectivity index (χ2n) is 6.05. The van der Waals surface area contributed by atoms with Crippen molar-refractivity contribution in [2.45, 2.75) is 27.3 Å². The molecule has 0 bridgehead atoms. The van der Waals surface area contributed by atoms with E-state index in [1.807, 2.05) is 24.0 Å². The lowest BCUT2D eigenvalue weighted by Crippen LogP contribution is -2.32. The van der Waals surface area contributed by atoms with E-state index >= 15 is 0 Å². The van der Waals surface area contributed by atoms with Gasteiger partial charge in [0.15, 0.2) is 0 Å². The third-order valence-corrected chi connectivity index (χ3v) is 5.29. The van der Waals surface area contributed by atoms with Gasteiger partial charge in [0.25, 0.3) is 5.91 Å². The smallest absolute Gasteiger partial charge is 0.341 e. The number of nitrogens with two attached hydrogens (primary N) is 1. The van der Waals surface area contributed by atoms with Crippen LogP contribution in [0.2, 0.25) is 0 Å². The molecule has 0 spiro atoms.